The second-order valence-electron chi connectivity index (χ2n) is 4.86. The maximum atomic E-state index is 15.1. The topological polar surface area (TPSA) is 0 Å². The average molecular weight is 268 g/mol. The molecule has 0 heterocycles. The fourth-order valence-corrected chi connectivity index (χ4v) is 2.55. The first-order valence-electron chi connectivity index (χ1n) is 6.58. The fourth-order valence-electron chi connectivity index (χ4n) is 2.55. The van der Waals surface area contributed by atoms with Gasteiger partial charge >= 0.3 is 0 Å². The number of hydrogen-bond donors (Lipinski definition) is 0. The van der Waals surface area contributed by atoms with E-state index in [-0.39, 0.29) is 6.42 Å². The molecule has 1 atom stereocenters. The molecule has 20 heavy (non-hydrogen) atoms. The zero-order chi connectivity index (χ0) is 14.0. The lowest BCUT2D eigenvalue weighted by molar-refractivity contribution is 0.177. The quantitative estimate of drug-likeness (QED) is 0.690. The van der Waals surface area contributed by atoms with E-state index in [4.69, 9.17) is 0 Å². The van der Waals surface area contributed by atoms with Gasteiger partial charge in [-0.1, -0.05) is 66.7 Å². The van der Waals surface area contributed by atoms with Crippen LogP contribution in [0, 0.1) is 0 Å². The molecule has 0 saturated carbocycles. The largest absolute Gasteiger partial charge is 0.230 e. The first kappa shape index (κ1) is 12.8. The van der Waals surface area contributed by atoms with Crippen LogP contribution in [0.25, 0.3) is 11.1 Å². The van der Waals surface area contributed by atoms with Crippen molar-refractivity contribution in [3.63, 3.8) is 0 Å². The van der Waals surface area contributed by atoms with E-state index >= 15 is 4.39 Å². The molecule has 0 bridgehead atoms. The zero-order valence-corrected chi connectivity index (χ0v) is 10.9. The number of benzene rings is 2. The van der Waals surface area contributed by atoms with Gasteiger partial charge in [0.05, 0.1) is 0 Å². The van der Waals surface area contributed by atoms with Crippen LogP contribution in [0.5, 0.6) is 0 Å². The standard InChI is InChI=1S/C18H14F2/c19-17-12-6-7-13-18(17,20)16-11-5-4-10-15(16)14-8-2-1-3-9-14/h1-12H,13H2. The summed E-state index contributed by atoms with van der Waals surface area (Å²) in [4.78, 5) is 0. The number of allylic oxidation sites excluding steroid dienone is 4. The lowest BCUT2D eigenvalue weighted by Gasteiger charge is -2.27. The van der Waals surface area contributed by atoms with Crippen molar-refractivity contribution in [2.45, 2.75) is 12.1 Å². The summed E-state index contributed by atoms with van der Waals surface area (Å²) in [6.07, 6.45) is 4.44. The Hall–Kier alpha value is -2.22. The molecule has 0 spiro atoms. The van der Waals surface area contributed by atoms with Gasteiger partial charge in [0.25, 0.3) is 0 Å². The molecule has 1 aliphatic rings. The number of rotatable bonds is 2. The van der Waals surface area contributed by atoms with Crippen LogP contribution in [0.4, 0.5) is 8.78 Å². The molecule has 0 nitrogen and oxygen atoms in total. The normalized spacial score (nSPS) is 21.6. The second kappa shape index (κ2) is 5.04. The van der Waals surface area contributed by atoms with E-state index in [0.29, 0.717) is 5.56 Å². The summed E-state index contributed by atoms with van der Waals surface area (Å²) >= 11 is 0. The smallest absolute Gasteiger partial charge is 0.191 e. The van der Waals surface area contributed by atoms with Gasteiger partial charge in [0.2, 0.25) is 0 Å². The lowest BCUT2D eigenvalue weighted by Crippen LogP contribution is -2.22. The third kappa shape index (κ3) is 2.07. The van der Waals surface area contributed by atoms with Crippen LogP contribution in [0.3, 0.4) is 0 Å². The Morgan fingerprint density at radius 2 is 1.60 bits per heavy atom. The summed E-state index contributed by atoms with van der Waals surface area (Å²) in [6, 6.07) is 16.6. The van der Waals surface area contributed by atoms with Gasteiger partial charge in [0.1, 0.15) is 5.83 Å². The highest BCUT2D eigenvalue weighted by Crippen LogP contribution is 2.44. The van der Waals surface area contributed by atoms with Crippen molar-refractivity contribution < 1.29 is 8.78 Å². The van der Waals surface area contributed by atoms with Crippen LogP contribution in [0.2, 0.25) is 0 Å². The van der Waals surface area contributed by atoms with Gasteiger partial charge in [-0.25, -0.2) is 8.78 Å². The van der Waals surface area contributed by atoms with E-state index in [1.54, 1.807) is 24.3 Å². The summed E-state index contributed by atoms with van der Waals surface area (Å²) in [5.74, 6) is -0.733. The van der Waals surface area contributed by atoms with Crippen molar-refractivity contribution >= 4 is 0 Å². The molecule has 0 N–H and O–H groups in total. The molecule has 0 saturated heterocycles. The van der Waals surface area contributed by atoms with E-state index in [1.807, 2.05) is 42.5 Å². The molecule has 0 aromatic heterocycles. The molecule has 2 aromatic carbocycles. The van der Waals surface area contributed by atoms with Crippen LogP contribution >= 0.6 is 0 Å². The predicted octanol–water partition coefficient (Wildman–Crippen LogP) is 5.33. The van der Waals surface area contributed by atoms with E-state index < -0.39 is 11.5 Å². The fraction of sp³-hybridized carbons (Fsp3) is 0.111. The first-order chi connectivity index (χ1) is 9.72. The molecule has 0 amide bonds. The second-order valence-corrected chi connectivity index (χ2v) is 4.86. The van der Waals surface area contributed by atoms with Gasteiger partial charge in [0, 0.05) is 12.0 Å². The van der Waals surface area contributed by atoms with Gasteiger partial charge in [-0.05, 0) is 17.2 Å². The van der Waals surface area contributed by atoms with E-state index in [9.17, 15) is 4.39 Å². The number of hydrogen-bond acceptors (Lipinski definition) is 0. The van der Waals surface area contributed by atoms with Crippen molar-refractivity contribution in [2.24, 2.45) is 0 Å². The molecule has 0 aliphatic heterocycles. The van der Waals surface area contributed by atoms with Crippen molar-refractivity contribution in [3.8, 4) is 11.1 Å². The van der Waals surface area contributed by atoms with Crippen LogP contribution < -0.4 is 0 Å². The third-order valence-corrected chi connectivity index (χ3v) is 3.60. The Labute approximate surface area is 117 Å². The lowest BCUT2D eigenvalue weighted by atomic mass is 9.83. The van der Waals surface area contributed by atoms with Crippen LogP contribution in [-0.4, -0.2) is 0 Å². The maximum absolute atomic E-state index is 15.1. The molecule has 0 radical (unpaired) electrons. The Morgan fingerprint density at radius 3 is 2.35 bits per heavy atom. The predicted molar refractivity (Wildman–Crippen MR) is 77.6 cm³/mol. The molecule has 3 rings (SSSR count). The van der Waals surface area contributed by atoms with E-state index in [2.05, 4.69) is 0 Å². The summed E-state index contributed by atoms with van der Waals surface area (Å²) < 4.78 is 29.2. The molecule has 1 aliphatic carbocycles. The first-order valence-corrected chi connectivity index (χ1v) is 6.58. The summed E-state index contributed by atoms with van der Waals surface area (Å²) in [7, 11) is 0. The van der Waals surface area contributed by atoms with E-state index in [1.165, 1.54) is 6.08 Å². The minimum Gasteiger partial charge on any atom is -0.230 e. The van der Waals surface area contributed by atoms with Crippen molar-refractivity contribution in [1.82, 2.24) is 0 Å². The molecule has 1 unspecified atom stereocenters. The molecule has 2 heteroatoms. The van der Waals surface area contributed by atoms with Crippen molar-refractivity contribution in [3.05, 3.63) is 84.2 Å². The minimum absolute atomic E-state index is 0.0270. The molecular formula is C18H14F2. The van der Waals surface area contributed by atoms with Crippen molar-refractivity contribution in [1.29, 1.82) is 0 Å². The average Bonchev–Trinajstić information content (AvgIpc) is 2.51. The highest BCUT2D eigenvalue weighted by molar-refractivity contribution is 5.69. The van der Waals surface area contributed by atoms with Crippen LogP contribution in [0.15, 0.2) is 78.7 Å². The Kier molecular flexibility index (Phi) is 3.23. The monoisotopic (exact) mass is 268 g/mol. The van der Waals surface area contributed by atoms with E-state index in [0.717, 1.165) is 11.1 Å². The SMILES string of the molecule is FC1=CC=CCC1(F)c1ccccc1-c1ccccc1. The Balaban J connectivity index is 2.17. The highest BCUT2D eigenvalue weighted by atomic mass is 19.2. The molecule has 100 valence electrons. The van der Waals surface area contributed by atoms with Gasteiger partial charge in [-0.3, -0.25) is 0 Å². The van der Waals surface area contributed by atoms with Gasteiger partial charge in [0.15, 0.2) is 5.67 Å². The molecule has 2 aromatic rings. The van der Waals surface area contributed by atoms with Gasteiger partial charge in [-0.2, -0.15) is 0 Å². The summed E-state index contributed by atoms with van der Waals surface area (Å²) in [5.41, 5.74) is -0.0671. The summed E-state index contributed by atoms with van der Waals surface area (Å²) in [5, 5.41) is 0. The summed E-state index contributed by atoms with van der Waals surface area (Å²) in [6.45, 7) is 0. The Morgan fingerprint density at radius 1 is 0.900 bits per heavy atom. The van der Waals surface area contributed by atoms with Crippen LogP contribution in [0.1, 0.15) is 12.0 Å². The zero-order valence-electron chi connectivity index (χ0n) is 10.9. The van der Waals surface area contributed by atoms with Crippen LogP contribution in [-0.2, 0) is 5.67 Å². The third-order valence-electron chi connectivity index (χ3n) is 3.60. The number of halogens is 2. The van der Waals surface area contributed by atoms with Gasteiger partial charge in [-0.15, -0.1) is 0 Å². The van der Waals surface area contributed by atoms with Gasteiger partial charge < -0.3 is 0 Å². The minimum atomic E-state index is -2.07. The molecule has 0 fully saturated rings. The Bertz CT molecular complexity index is 671. The number of alkyl halides is 1. The molecular weight excluding hydrogens is 254 g/mol. The highest BCUT2D eigenvalue weighted by Gasteiger charge is 2.39. The van der Waals surface area contributed by atoms with Crippen molar-refractivity contribution in [2.75, 3.05) is 0 Å². The maximum Gasteiger partial charge on any atom is 0.191 e.